The van der Waals surface area contributed by atoms with Gasteiger partial charge in [0.15, 0.2) is 0 Å². The van der Waals surface area contributed by atoms with Crippen LogP contribution in [0.2, 0.25) is 0 Å². The Hall–Kier alpha value is -0.910. The second kappa shape index (κ2) is 6.24. The summed E-state index contributed by atoms with van der Waals surface area (Å²) in [6.45, 7) is 5.44. The maximum Gasteiger partial charge on any atom is 0.218 e. The third-order valence-electron chi connectivity index (χ3n) is 3.78. The first-order valence-electron chi connectivity index (χ1n) is 7.07. The van der Waals surface area contributed by atoms with Crippen LogP contribution < -0.4 is 0 Å². The Balaban J connectivity index is 2.09. The van der Waals surface area contributed by atoms with Gasteiger partial charge in [-0.3, -0.25) is 0 Å². The molecule has 2 atom stereocenters. The fourth-order valence-electron chi connectivity index (χ4n) is 2.88. The molecule has 0 spiro atoms. The van der Waals surface area contributed by atoms with Crippen molar-refractivity contribution in [1.29, 1.82) is 0 Å². The van der Waals surface area contributed by atoms with E-state index in [1.165, 1.54) is 0 Å². The van der Waals surface area contributed by atoms with Crippen LogP contribution >= 0.6 is 0 Å². The molecule has 1 fully saturated rings. The van der Waals surface area contributed by atoms with E-state index in [0.717, 1.165) is 17.5 Å². The summed E-state index contributed by atoms with van der Waals surface area (Å²) in [5.41, 5.74) is 1.57. The highest BCUT2D eigenvalue weighted by atomic mass is 32.2. The smallest absolute Gasteiger partial charge is 0.218 e. The van der Waals surface area contributed by atoms with Gasteiger partial charge in [0.05, 0.1) is 12.4 Å². The Morgan fingerprint density at radius 2 is 1.60 bits per heavy atom. The summed E-state index contributed by atoms with van der Waals surface area (Å²) < 4.78 is 26.6. The van der Waals surface area contributed by atoms with Crippen LogP contribution in [0.15, 0.2) is 24.3 Å². The van der Waals surface area contributed by atoms with Crippen LogP contribution in [-0.2, 0) is 22.4 Å². The van der Waals surface area contributed by atoms with Gasteiger partial charge in [0.2, 0.25) is 10.0 Å². The number of aliphatic hydroxyl groups is 1. The average Bonchev–Trinajstić information content (AvgIpc) is 2.38. The number of aliphatic hydroxyl groups excluding tert-OH is 1. The molecule has 5 heteroatoms. The number of piperidine rings is 1. The fraction of sp³-hybridized carbons (Fsp3) is 0.600. The van der Waals surface area contributed by atoms with Gasteiger partial charge in [0.1, 0.15) is 0 Å². The Kier molecular flexibility index (Phi) is 4.83. The monoisotopic (exact) mass is 297 g/mol. The first-order chi connectivity index (χ1) is 9.40. The zero-order valence-electron chi connectivity index (χ0n) is 12.1. The lowest BCUT2D eigenvalue weighted by atomic mass is 9.94. The fourth-order valence-corrected chi connectivity index (χ4v) is 4.64. The van der Waals surface area contributed by atoms with Crippen LogP contribution in [0.1, 0.15) is 31.4 Å². The van der Waals surface area contributed by atoms with Gasteiger partial charge in [0.25, 0.3) is 0 Å². The second-order valence-corrected chi connectivity index (χ2v) is 7.96. The quantitative estimate of drug-likeness (QED) is 0.924. The Morgan fingerprint density at radius 3 is 2.10 bits per heavy atom. The van der Waals surface area contributed by atoms with E-state index >= 15 is 0 Å². The SMILES string of the molecule is CC1CC(C)CN(S(=O)(=O)Cc2ccc(CO)cc2)C1. The molecule has 0 aromatic heterocycles. The van der Waals surface area contributed by atoms with E-state index in [1.54, 1.807) is 28.6 Å². The van der Waals surface area contributed by atoms with Crippen molar-refractivity contribution in [2.75, 3.05) is 13.1 Å². The van der Waals surface area contributed by atoms with Crippen molar-refractivity contribution in [2.24, 2.45) is 11.8 Å². The number of nitrogens with zero attached hydrogens (tertiary/aromatic N) is 1. The van der Waals surface area contributed by atoms with E-state index in [0.29, 0.717) is 24.9 Å². The highest BCUT2D eigenvalue weighted by Crippen LogP contribution is 2.24. The van der Waals surface area contributed by atoms with E-state index in [4.69, 9.17) is 5.11 Å². The second-order valence-electron chi connectivity index (χ2n) is 5.99. The summed E-state index contributed by atoms with van der Waals surface area (Å²) in [6.07, 6.45) is 1.09. The predicted molar refractivity (Wildman–Crippen MR) is 79.5 cm³/mol. The number of hydrogen-bond acceptors (Lipinski definition) is 3. The molecular formula is C15H23NO3S. The lowest BCUT2D eigenvalue weighted by molar-refractivity contribution is 0.222. The highest BCUT2D eigenvalue weighted by Gasteiger charge is 2.30. The minimum absolute atomic E-state index is 0.0197. The molecule has 1 saturated heterocycles. The Morgan fingerprint density at radius 1 is 1.10 bits per heavy atom. The van der Waals surface area contributed by atoms with Crippen molar-refractivity contribution in [3.05, 3.63) is 35.4 Å². The summed E-state index contributed by atoms with van der Waals surface area (Å²) in [5, 5.41) is 9.00. The van der Waals surface area contributed by atoms with Crippen molar-refractivity contribution >= 4 is 10.0 Å². The molecule has 1 aromatic carbocycles. The molecule has 1 aliphatic heterocycles. The number of rotatable bonds is 4. The average molecular weight is 297 g/mol. The summed E-state index contributed by atoms with van der Waals surface area (Å²) >= 11 is 0. The standard InChI is InChI=1S/C15H23NO3S/c1-12-7-13(2)9-16(8-12)20(18,19)11-15-5-3-14(10-17)4-6-15/h3-6,12-13,17H,7-11H2,1-2H3. The van der Waals surface area contributed by atoms with E-state index in [-0.39, 0.29) is 12.4 Å². The van der Waals surface area contributed by atoms with Crippen LogP contribution in [-0.4, -0.2) is 30.9 Å². The molecule has 1 aliphatic rings. The van der Waals surface area contributed by atoms with Gasteiger partial charge < -0.3 is 5.11 Å². The number of sulfonamides is 1. The molecule has 0 saturated carbocycles. The molecule has 0 radical (unpaired) electrons. The van der Waals surface area contributed by atoms with Crippen LogP contribution in [0.4, 0.5) is 0 Å². The molecule has 1 N–H and O–H groups in total. The third kappa shape index (κ3) is 3.81. The van der Waals surface area contributed by atoms with E-state index in [2.05, 4.69) is 13.8 Å². The molecule has 0 aliphatic carbocycles. The van der Waals surface area contributed by atoms with Gasteiger partial charge in [-0.15, -0.1) is 0 Å². The summed E-state index contributed by atoms with van der Waals surface area (Å²) in [4.78, 5) is 0. The molecule has 2 rings (SSSR count). The maximum atomic E-state index is 12.5. The summed E-state index contributed by atoms with van der Waals surface area (Å²) in [6, 6.07) is 7.10. The molecule has 4 nitrogen and oxygen atoms in total. The van der Waals surface area contributed by atoms with Crippen LogP contribution in [0.25, 0.3) is 0 Å². The maximum absolute atomic E-state index is 12.5. The molecule has 112 valence electrons. The molecule has 20 heavy (non-hydrogen) atoms. The predicted octanol–water partition coefficient (Wildman–Crippen LogP) is 1.99. The van der Waals surface area contributed by atoms with Crippen molar-refractivity contribution in [3.8, 4) is 0 Å². The van der Waals surface area contributed by atoms with Gasteiger partial charge in [-0.1, -0.05) is 38.1 Å². The third-order valence-corrected chi connectivity index (χ3v) is 5.57. The molecule has 0 amide bonds. The van der Waals surface area contributed by atoms with Crippen molar-refractivity contribution < 1.29 is 13.5 Å². The van der Waals surface area contributed by atoms with E-state index in [9.17, 15) is 8.42 Å². The Labute approximate surface area is 121 Å². The first kappa shape index (κ1) is 15.5. The Bertz CT molecular complexity index is 529. The summed E-state index contributed by atoms with van der Waals surface area (Å²) in [5.74, 6) is 0.883. The topological polar surface area (TPSA) is 57.6 Å². The molecule has 2 unspecified atom stereocenters. The van der Waals surface area contributed by atoms with Crippen LogP contribution in [0, 0.1) is 11.8 Å². The van der Waals surface area contributed by atoms with Crippen molar-refractivity contribution in [1.82, 2.24) is 4.31 Å². The van der Waals surface area contributed by atoms with Gasteiger partial charge >= 0.3 is 0 Å². The lowest BCUT2D eigenvalue weighted by Gasteiger charge is -2.34. The number of benzene rings is 1. The zero-order valence-corrected chi connectivity index (χ0v) is 12.9. The number of hydrogen-bond donors (Lipinski definition) is 1. The molecule has 1 aromatic rings. The van der Waals surface area contributed by atoms with Crippen LogP contribution in [0.5, 0.6) is 0 Å². The minimum atomic E-state index is -3.25. The first-order valence-corrected chi connectivity index (χ1v) is 8.68. The normalized spacial score (nSPS) is 24.8. The zero-order chi connectivity index (χ0) is 14.8. The van der Waals surface area contributed by atoms with Gasteiger partial charge in [0, 0.05) is 13.1 Å². The molecule has 1 heterocycles. The van der Waals surface area contributed by atoms with Crippen LogP contribution in [0.3, 0.4) is 0 Å². The molecular weight excluding hydrogens is 274 g/mol. The largest absolute Gasteiger partial charge is 0.392 e. The minimum Gasteiger partial charge on any atom is -0.392 e. The lowest BCUT2D eigenvalue weighted by Crippen LogP contribution is -2.43. The van der Waals surface area contributed by atoms with Crippen molar-refractivity contribution in [3.63, 3.8) is 0 Å². The van der Waals surface area contributed by atoms with Gasteiger partial charge in [-0.2, -0.15) is 0 Å². The van der Waals surface area contributed by atoms with Gasteiger partial charge in [-0.05, 0) is 29.4 Å². The highest BCUT2D eigenvalue weighted by molar-refractivity contribution is 7.88. The van der Waals surface area contributed by atoms with Gasteiger partial charge in [-0.25, -0.2) is 12.7 Å². The summed E-state index contributed by atoms with van der Waals surface area (Å²) in [7, 11) is -3.25. The molecule has 0 bridgehead atoms. The van der Waals surface area contributed by atoms with E-state index < -0.39 is 10.0 Å². The van der Waals surface area contributed by atoms with E-state index in [1.807, 2.05) is 0 Å². The van der Waals surface area contributed by atoms with Crippen molar-refractivity contribution in [2.45, 2.75) is 32.6 Å².